The van der Waals surface area contributed by atoms with E-state index in [0.29, 0.717) is 25.1 Å². The molecule has 2 heterocycles. The molecule has 0 atom stereocenters. The van der Waals surface area contributed by atoms with Crippen molar-refractivity contribution in [2.45, 2.75) is 57.5 Å². The SMILES string of the molecule is FC1(F)CCCCCc2n[n+]3n(c21)CCC3. The highest BCUT2D eigenvalue weighted by atomic mass is 19.3. The molecule has 1 aliphatic heterocycles. The second kappa shape index (κ2) is 3.50. The predicted molar refractivity (Wildman–Crippen MR) is 53.1 cm³/mol. The molecule has 16 heavy (non-hydrogen) atoms. The highest BCUT2D eigenvalue weighted by molar-refractivity contribution is 5.16. The summed E-state index contributed by atoms with van der Waals surface area (Å²) in [5, 5.41) is 4.33. The van der Waals surface area contributed by atoms with E-state index in [-0.39, 0.29) is 12.1 Å². The maximum Gasteiger partial charge on any atom is 0.295 e. The first kappa shape index (κ1) is 10.2. The first-order chi connectivity index (χ1) is 7.68. The maximum absolute atomic E-state index is 14.1. The lowest BCUT2D eigenvalue weighted by atomic mass is 9.98. The van der Waals surface area contributed by atoms with E-state index in [1.807, 2.05) is 0 Å². The largest absolute Gasteiger partial charge is 0.295 e. The van der Waals surface area contributed by atoms with E-state index < -0.39 is 5.92 Å². The molecular weight excluding hydrogens is 212 g/mol. The molecule has 88 valence electrons. The van der Waals surface area contributed by atoms with Gasteiger partial charge in [-0.05, 0) is 24.1 Å². The smallest absolute Gasteiger partial charge is 0.199 e. The lowest BCUT2D eigenvalue weighted by Crippen LogP contribution is -2.41. The van der Waals surface area contributed by atoms with Gasteiger partial charge >= 0.3 is 0 Å². The predicted octanol–water partition coefficient (Wildman–Crippen LogP) is 1.78. The fraction of sp³-hybridized carbons (Fsp3) is 0.818. The van der Waals surface area contributed by atoms with E-state index in [0.717, 1.165) is 25.8 Å². The van der Waals surface area contributed by atoms with Crippen LogP contribution in [0.2, 0.25) is 0 Å². The molecule has 0 unspecified atom stereocenters. The molecule has 0 saturated carbocycles. The molecule has 0 amide bonds. The monoisotopic (exact) mass is 228 g/mol. The number of halogens is 2. The second-order valence-corrected chi connectivity index (χ2v) is 4.73. The van der Waals surface area contributed by atoms with Crippen molar-refractivity contribution in [3.8, 4) is 0 Å². The number of aromatic nitrogens is 3. The van der Waals surface area contributed by atoms with Crippen molar-refractivity contribution in [2.24, 2.45) is 0 Å². The van der Waals surface area contributed by atoms with Crippen LogP contribution in [0.3, 0.4) is 0 Å². The summed E-state index contributed by atoms with van der Waals surface area (Å²) >= 11 is 0. The maximum atomic E-state index is 14.1. The number of aryl methyl sites for hydroxylation is 2. The number of rotatable bonds is 0. The molecule has 5 heteroatoms. The molecule has 3 rings (SSSR count). The third-order valence-corrected chi connectivity index (χ3v) is 3.53. The van der Waals surface area contributed by atoms with Crippen LogP contribution in [0.1, 0.15) is 43.5 Å². The molecule has 2 aliphatic rings. The van der Waals surface area contributed by atoms with Gasteiger partial charge in [0.1, 0.15) is 5.69 Å². The van der Waals surface area contributed by atoms with E-state index in [2.05, 4.69) is 5.10 Å². The van der Waals surface area contributed by atoms with Crippen LogP contribution in [0.15, 0.2) is 0 Å². The molecule has 0 bridgehead atoms. The molecule has 1 aromatic heterocycles. The van der Waals surface area contributed by atoms with Gasteiger partial charge in [-0.15, -0.1) is 4.68 Å². The van der Waals surface area contributed by atoms with Crippen molar-refractivity contribution in [1.29, 1.82) is 0 Å². The summed E-state index contributed by atoms with van der Waals surface area (Å²) in [5.74, 6) is -2.68. The van der Waals surface area contributed by atoms with E-state index in [1.165, 1.54) is 0 Å². The van der Waals surface area contributed by atoms with Crippen LogP contribution < -0.4 is 4.80 Å². The van der Waals surface area contributed by atoms with Crippen LogP contribution in [-0.4, -0.2) is 9.78 Å². The molecule has 3 nitrogen and oxygen atoms in total. The molecule has 0 spiro atoms. The topological polar surface area (TPSA) is 21.7 Å². The van der Waals surface area contributed by atoms with Crippen LogP contribution in [0.4, 0.5) is 8.78 Å². The quantitative estimate of drug-likeness (QED) is 0.620. The summed E-state index contributed by atoms with van der Waals surface area (Å²) in [4.78, 5) is 1.73. The fourth-order valence-electron chi connectivity index (χ4n) is 2.77. The summed E-state index contributed by atoms with van der Waals surface area (Å²) in [7, 11) is 0. The Bertz CT molecular complexity index is 412. The van der Waals surface area contributed by atoms with E-state index in [9.17, 15) is 8.78 Å². The van der Waals surface area contributed by atoms with Crippen molar-refractivity contribution in [3.63, 3.8) is 0 Å². The Kier molecular flexibility index (Phi) is 2.23. The highest BCUT2D eigenvalue weighted by Gasteiger charge is 2.44. The van der Waals surface area contributed by atoms with Gasteiger partial charge < -0.3 is 0 Å². The Balaban J connectivity index is 2.11. The van der Waals surface area contributed by atoms with Crippen LogP contribution >= 0.6 is 0 Å². The van der Waals surface area contributed by atoms with Gasteiger partial charge in [0.15, 0.2) is 5.69 Å². The standard InChI is InChI=1S/C11H16F2N3/c12-11(13)6-3-1-2-5-9-10(11)15-7-4-8-16(15)14-9/h1-8H2/q+1. The normalized spacial score (nSPS) is 23.4. The Morgan fingerprint density at radius 2 is 2.06 bits per heavy atom. The third kappa shape index (κ3) is 1.44. The summed E-state index contributed by atoms with van der Waals surface area (Å²) in [6.07, 6.45) is 4.11. The molecule has 1 aliphatic carbocycles. The molecule has 0 saturated heterocycles. The zero-order chi connectivity index (χ0) is 11.2. The van der Waals surface area contributed by atoms with E-state index in [1.54, 1.807) is 9.48 Å². The molecule has 0 N–H and O–H groups in total. The van der Waals surface area contributed by atoms with Crippen molar-refractivity contribution in [3.05, 3.63) is 11.4 Å². The minimum atomic E-state index is -2.68. The summed E-state index contributed by atoms with van der Waals surface area (Å²) in [5.41, 5.74) is 0.828. The van der Waals surface area contributed by atoms with Gasteiger partial charge in [-0.3, -0.25) is 0 Å². The first-order valence-electron chi connectivity index (χ1n) is 6.06. The van der Waals surface area contributed by atoms with Gasteiger partial charge in [0, 0.05) is 17.9 Å². The molecule has 0 fully saturated rings. The average Bonchev–Trinajstić information content (AvgIpc) is 2.73. The summed E-state index contributed by atoms with van der Waals surface area (Å²) in [6, 6.07) is 0. The van der Waals surface area contributed by atoms with E-state index >= 15 is 0 Å². The first-order valence-corrected chi connectivity index (χ1v) is 6.06. The Labute approximate surface area is 93.0 Å². The number of hydrogen-bond acceptors (Lipinski definition) is 1. The minimum Gasteiger partial charge on any atom is -0.199 e. The molecule has 0 radical (unpaired) electrons. The fourth-order valence-corrected chi connectivity index (χ4v) is 2.77. The Morgan fingerprint density at radius 1 is 1.19 bits per heavy atom. The van der Waals surface area contributed by atoms with Gasteiger partial charge in [0.2, 0.25) is 6.54 Å². The molecule has 1 aromatic rings. The van der Waals surface area contributed by atoms with Crippen LogP contribution in [0.5, 0.6) is 0 Å². The number of alkyl halides is 2. The Hall–Kier alpha value is -1.00. The van der Waals surface area contributed by atoms with Crippen LogP contribution in [0.25, 0.3) is 0 Å². The van der Waals surface area contributed by atoms with Gasteiger partial charge in [-0.1, -0.05) is 6.42 Å². The average molecular weight is 228 g/mol. The molecule has 0 aromatic carbocycles. The number of hydrogen-bond donors (Lipinski definition) is 0. The second-order valence-electron chi connectivity index (χ2n) is 4.73. The zero-order valence-electron chi connectivity index (χ0n) is 9.25. The zero-order valence-corrected chi connectivity index (χ0v) is 9.25. The number of fused-ring (bicyclic) bond motifs is 3. The van der Waals surface area contributed by atoms with Crippen LogP contribution in [-0.2, 0) is 25.4 Å². The van der Waals surface area contributed by atoms with Gasteiger partial charge in [-0.25, -0.2) is 0 Å². The lowest BCUT2D eigenvalue weighted by molar-refractivity contribution is -0.810. The van der Waals surface area contributed by atoms with E-state index in [4.69, 9.17) is 0 Å². The summed E-state index contributed by atoms with van der Waals surface area (Å²) in [6.45, 7) is 1.47. The number of nitrogens with zero attached hydrogens (tertiary/aromatic N) is 3. The highest BCUT2D eigenvalue weighted by Crippen LogP contribution is 2.37. The van der Waals surface area contributed by atoms with Crippen LogP contribution in [0, 0.1) is 0 Å². The van der Waals surface area contributed by atoms with Crippen molar-refractivity contribution < 1.29 is 13.6 Å². The van der Waals surface area contributed by atoms with Gasteiger partial charge in [0.25, 0.3) is 5.92 Å². The van der Waals surface area contributed by atoms with Crippen molar-refractivity contribution >= 4 is 0 Å². The van der Waals surface area contributed by atoms with Gasteiger partial charge in [-0.2, -0.15) is 8.78 Å². The third-order valence-electron chi connectivity index (χ3n) is 3.53. The Morgan fingerprint density at radius 3 is 2.94 bits per heavy atom. The van der Waals surface area contributed by atoms with Gasteiger partial charge in [0.05, 0.1) is 6.54 Å². The lowest BCUT2D eigenvalue weighted by Gasteiger charge is -2.18. The summed E-state index contributed by atoms with van der Waals surface area (Å²) < 4.78 is 29.8. The van der Waals surface area contributed by atoms with Crippen molar-refractivity contribution in [2.75, 3.05) is 0 Å². The molecular formula is C11H16F2N3+. The minimum absolute atomic E-state index is 0.0221. The van der Waals surface area contributed by atoms with Crippen molar-refractivity contribution in [1.82, 2.24) is 9.78 Å².